The number of methoxy groups -OCH3 is 1. The highest BCUT2D eigenvalue weighted by Gasteiger charge is 2.09. The second-order valence-electron chi connectivity index (χ2n) is 2.76. The van der Waals surface area contributed by atoms with Crippen LogP contribution in [0, 0.1) is 6.92 Å². The Kier molecular flexibility index (Phi) is 3.11. The zero-order valence-corrected chi connectivity index (χ0v) is 7.66. The molecule has 0 aliphatic heterocycles. The largest absolute Gasteiger partial charge is 0.504 e. The average molecular weight is 183 g/mol. The molecule has 0 spiro atoms. The van der Waals surface area contributed by atoms with Crippen LogP contribution in [-0.4, -0.2) is 17.4 Å². The first kappa shape index (κ1) is 9.83. The molecule has 13 heavy (non-hydrogen) atoms. The number of phenolic OH excluding ortho intramolecular Hbond substituents is 1. The third-order valence-electron chi connectivity index (χ3n) is 1.89. The van der Waals surface area contributed by atoms with Gasteiger partial charge >= 0.3 is 0 Å². The van der Waals surface area contributed by atoms with Gasteiger partial charge in [-0.05, 0) is 12.5 Å². The van der Waals surface area contributed by atoms with Gasteiger partial charge in [0.2, 0.25) is 0 Å². The number of benzene rings is 1. The van der Waals surface area contributed by atoms with E-state index in [-0.39, 0.29) is 12.3 Å². The van der Waals surface area contributed by atoms with Gasteiger partial charge in [0.15, 0.2) is 11.5 Å². The predicted molar refractivity (Wildman–Crippen MR) is 48.0 cm³/mol. The van der Waals surface area contributed by atoms with Crippen LogP contribution >= 0.6 is 0 Å². The summed E-state index contributed by atoms with van der Waals surface area (Å²) in [6.07, 6.45) is 0. The van der Waals surface area contributed by atoms with Crippen molar-refractivity contribution in [3.05, 3.63) is 23.3 Å². The van der Waals surface area contributed by atoms with Gasteiger partial charge in [0, 0.05) is 12.1 Å². The molecule has 0 aliphatic carbocycles. The van der Waals surface area contributed by atoms with E-state index in [1.807, 2.05) is 5.48 Å². The summed E-state index contributed by atoms with van der Waals surface area (Å²) in [4.78, 5) is 0. The van der Waals surface area contributed by atoms with Crippen molar-refractivity contribution >= 4 is 0 Å². The van der Waals surface area contributed by atoms with E-state index >= 15 is 0 Å². The monoisotopic (exact) mass is 183 g/mol. The molecular formula is C9H13NO3. The standard InChI is InChI=1S/C9H13NO3/c1-6-3-4-7(5-10-12)9(13-2)8(6)11/h3-4,10-12H,5H2,1-2H3. The summed E-state index contributed by atoms with van der Waals surface area (Å²) >= 11 is 0. The van der Waals surface area contributed by atoms with Gasteiger partial charge in [-0.25, -0.2) is 5.48 Å². The lowest BCUT2D eigenvalue weighted by molar-refractivity contribution is 0.160. The van der Waals surface area contributed by atoms with Gasteiger partial charge in [-0.2, -0.15) is 0 Å². The number of aryl methyl sites for hydroxylation is 1. The number of ether oxygens (including phenoxy) is 1. The smallest absolute Gasteiger partial charge is 0.165 e. The van der Waals surface area contributed by atoms with Crippen molar-refractivity contribution in [2.75, 3.05) is 7.11 Å². The number of hydrogen-bond acceptors (Lipinski definition) is 4. The lowest BCUT2D eigenvalue weighted by atomic mass is 10.1. The molecule has 3 N–H and O–H groups in total. The Morgan fingerprint density at radius 2 is 2.15 bits per heavy atom. The maximum Gasteiger partial charge on any atom is 0.165 e. The number of rotatable bonds is 3. The van der Waals surface area contributed by atoms with E-state index in [9.17, 15) is 5.11 Å². The van der Waals surface area contributed by atoms with E-state index in [1.54, 1.807) is 19.1 Å². The van der Waals surface area contributed by atoms with Crippen LogP contribution in [0.5, 0.6) is 11.5 Å². The van der Waals surface area contributed by atoms with E-state index in [0.29, 0.717) is 11.3 Å². The molecule has 0 atom stereocenters. The van der Waals surface area contributed by atoms with Gasteiger partial charge in [-0.15, -0.1) is 0 Å². The van der Waals surface area contributed by atoms with Crippen molar-refractivity contribution in [1.82, 2.24) is 5.48 Å². The molecule has 1 aromatic rings. The van der Waals surface area contributed by atoms with Crippen molar-refractivity contribution in [2.24, 2.45) is 0 Å². The Bertz CT molecular complexity index is 299. The van der Waals surface area contributed by atoms with Gasteiger partial charge in [0.1, 0.15) is 0 Å². The van der Waals surface area contributed by atoms with Crippen molar-refractivity contribution in [1.29, 1.82) is 0 Å². The van der Waals surface area contributed by atoms with Crippen LogP contribution < -0.4 is 10.2 Å². The Morgan fingerprint density at radius 1 is 1.46 bits per heavy atom. The van der Waals surface area contributed by atoms with Gasteiger partial charge < -0.3 is 15.1 Å². The Balaban J connectivity index is 3.13. The zero-order chi connectivity index (χ0) is 9.84. The Hall–Kier alpha value is -1.26. The van der Waals surface area contributed by atoms with Crippen LogP contribution in [0.15, 0.2) is 12.1 Å². The fourth-order valence-electron chi connectivity index (χ4n) is 1.16. The Labute approximate surface area is 76.7 Å². The molecule has 0 heterocycles. The van der Waals surface area contributed by atoms with Crippen LogP contribution in [0.1, 0.15) is 11.1 Å². The first-order chi connectivity index (χ1) is 6.20. The molecule has 4 heteroatoms. The number of phenols is 1. The minimum absolute atomic E-state index is 0.121. The van der Waals surface area contributed by atoms with Crippen molar-refractivity contribution in [3.63, 3.8) is 0 Å². The predicted octanol–water partition coefficient (Wildman–Crippen LogP) is 1.19. The number of hydroxylamine groups is 1. The molecule has 1 rings (SSSR count). The summed E-state index contributed by atoms with van der Waals surface area (Å²) in [5.41, 5.74) is 3.48. The molecule has 0 saturated carbocycles. The van der Waals surface area contributed by atoms with Gasteiger partial charge in [-0.3, -0.25) is 0 Å². The first-order valence-electron chi connectivity index (χ1n) is 3.93. The quantitative estimate of drug-likeness (QED) is 0.616. The number of nitrogens with one attached hydrogen (secondary N) is 1. The molecule has 0 aromatic heterocycles. The normalized spacial score (nSPS) is 10.1. The van der Waals surface area contributed by atoms with Crippen LogP contribution in [-0.2, 0) is 6.54 Å². The number of aromatic hydroxyl groups is 1. The molecule has 4 nitrogen and oxygen atoms in total. The third kappa shape index (κ3) is 1.91. The zero-order valence-electron chi connectivity index (χ0n) is 7.66. The van der Waals surface area contributed by atoms with Crippen molar-refractivity contribution < 1.29 is 15.1 Å². The number of hydrogen-bond donors (Lipinski definition) is 3. The molecule has 0 saturated heterocycles. The molecule has 0 amide bonds. The van der Waals surface area contributed by atoms with Gasteiger partial charge in [-0.1, -0.05) is 12.1 Å². The van der Waals surface area contributed by atoms with Crippen LogP contribution in [0.3, 0.4) is 0 Å². The summed E-state index contributed by atoms with van der Waals surface area (Å²) in [6.45, 7) is 2.03. The summed E-state index contributed by atoms with van der Waals surface area (Å²) in [7, 11) is 1.48. The lowest BCUT2D eigenvalue weighted by Crippen LogP contribution is -2.07. The lowest BCUT2D eigenvalue weighted by Gasteiger charge is -2.10. The molecule has 72 valence electrons. The fraction of sp³-hybridized carbons (Fsp3) is 0.333. The molecule has 1 aromatic carbocycles. The van der Waals surface area contributed by atoms with Crippen molar-refractivity contribution in [3.8, 4) is 11.5 Å². The molecule has 0 unspecified atom stereocenters. The highest BCUT2D eigenvalue weighted by atomic mass is 16.5. The SMILES string of the molecule is COc1c(CNO)ccc(C)c1O. The molecule has 0 aliphatic rings. The van der Waals surface area contributed by atoms with Gasteiger partial charge in [0.25, 0.3) is 0 Å². The van der Waals surface area contributed by atoms with E-state index in [4.69, 9.17) is 9.94 Å². The second kappa shape index (κ2) is 4.11. The summed E-state index contributed by atoms with van der Waals surface area (Å²) < 4.78 is 5.01. The minimum atomic E-state index is 0.121. The van der Waals surface area contributed by atoms with Crippen LogP contribution in [0.25, 0.3) is 0 Å². The van der Waals surface area contributed by atoms with Crippen LogP contribution in [0.4, 0.5) is 0 Å². The van der Waals surface area contributed by atoms with E-state index in [2.05, 4.69) is 0 Å². The fourth-order valence-corrected chi connectivity index (χ4v) is 1.16. The summed E-state index contributed by atoms with van der Waals surface area (Å²) in [5.74, 6) is 0.525. The first-order valence-corrected chi connectivity index (χ1v) is 3.93. The van der Waals surface area contributed by atoms with Crippen molar-refractivity contribution in [2.45, 2.75) is 13.5 Å². The molecule has 0 fully saturated rings. The van der Waals surface area contributed by atoms with E-state index in [0.717, 1.165) is 5.56 Å². The molecular weight excluding hydrogens is 170 g/mol. The maximum atomic E-state index is 9.57. The molecule has 0 radical (unpaired) electrons. The average Bonchev–Trinajstić information content (AvgIpc) is 2.12. The highest BCUT2D eigenvalue weighted by molar-refractivity contribution is 5.50. The second-order valence-corrected chi connectivity index (χ2v) is 2.76. The maximum absolute atomic E-state index is 9.57. The minimum Gasteiger partial charge on any atom is -0.504 e. The van der Waals surface area contributed by atoms with E-state index < -0.39 is 0 Å². The van der Waals surface area contributed by atoms with E-state index in [1.165, 1.54) is 7.11 Å². The highest BCUT2D eigenvalue weighted by Crippen LogP contribution is 2.32. The molecule has 0 bridgehead atoms. The Morgan fingerprint density at radius 3 is 2.69 bits per heavy atom. The topological polar surface area (TPSA) is 61.7 Å². The third-order valence-corrected chi connectivity index (χ3v) is 1.89. The summed E-state index contributed by atoms with van der Waals surface area (Å²) in [6, 6.07) is 3.56. The summed E-state index contributed by atoms with van der Waals surface area (Å²) in [5, 5.41) is 18.1. The van der Waals surface area contributed by atoms with Gasteiger partial charge in [0.05, 0.1) is 7.11 Å². The van der Waals surface area contributed by atoms with Crippen LogP contribution in [0.2, 0.25) is 0 Å².